The van der Waals surface area contributed by atoms with Crippen LogP contribution in [0.15, 0.2) is 67.0 Å². The van der Waals surface area contributed by atoms with Crippen LogP contribution in [0.1, 0.15) is 24.0 Å². The molecule has 3 aromatic rings. The Labute approximate surface area is 194 Å². The first kappa shape index (κ1) is 22.8. The minimum atomic E-state index is -0.502. The number of benzene rings is 2. The summed E-state index contributed by atoms with van der Waals surface area (Å²) in [6, 6.07) is 18.1. The van der Waals surface area contributed by atoms with Crippen molar-refractivity contribution in [1.82, 2.24) is 10.3 Å². The van der Waals surface area contributed by atoms with Gasteiger partial charge in [0, 0.05) is 38.2 Å². The second-order valence-corrected chi connectivity index (χ2v) is 8.41. The predicted molar refractivity (Wildman–Crippen MR) is 127 cm³/mol. The minimum absolute atomic E-state index is 0.0573. The van der Waals surface area contributed by atoms with Crippen molar-refractivity contribution in [3.05, 3.63) is 78.1 Å². The Morgan fingerprint density at radius 2 is 1.64 bits per heavy atom. The molecule has 33 heavy (non-hydrogen) atoms. The molecule has 1 aliphatic heterocycles. The Morgan fingerprint density at radius 3 is 2.30 bits per heavy atom. The molecule has 1 saturated heterocycles. The molecule has 0 radical (unpaired) electrons. The van der Waals surface area contributed by atoms with Gasteiger partial charge >= 0.3 is 0 Å². The van der Waals surface area contributed by atoms with Gasteiger partial charge in [0.2, 0.25) is 5.91 Å². The molecule has 172 valence electrons. The third-order valence-corrected chi connectivity index (χ3v) is 6.28. The fourth-order valence-electron chi connectivity index (χ4n) is 4.38. The number of ether oxygens (including phenoxy) is 3. The lowest BCUT2D eigenvalue weighted by molar-refractivity contribution is -0.136. The summed E-state index contributed by atoms with van der Waals surface area (Å²) >= 11 is 0. The van der Waals surface area contributed by atoms with E-state index in [0.717, 1.165) is 22.3 Å². The van der Waals surface area contributed by atoms with Crippen LogP contribution in [0.5, 0.6) is 11.5 Å². The quantitative estimate of drug-likeness (QED) is 0.555. The molecule has 0 saturated carbocycles. The highest BCUT2D eigenvalue weighted by Crippen LogP contribution is 2.36. The SMILES string of the molecule is COc1cc(CNC(=O)C2(Cc3cccc(-c4ccncc4)c3)CCOCC2)cc(OC)c1. The number of carbonyl (C=O) groups excluding carboxylic acids is 1. The van der Waals surface area contributed by atoms with Gasteiger partial charge in [-0.15, -0.1) is 0 Å². The number of amides is 1. The molecule has 0 atom stereocenters. The lowest BCUT2D eigenvalue weighted by atomic mass is 9.74. The lowest BCUT2D eigenvalue weighted by Crippen LogP contribution is -2.45. The third-order valence-electron chi connectivity index (χ3n) is 6.28. The Morgan fingerprint density at radius 1 is 0.939 bits per heavy atom. The van der Waals surface area contributed by atoms with Crippen LogP contribution < -0.4 is 14.8 Å². The number of aromatic nitrogens is 1. The summed E-state index contributed by atoms with van der Waals surface area (Å²) < 4.78 is 16.3. The second-order valence-electron chi connectivity index (χ2n) is 8.41. The Balaban J connectivity index is 1.52. The number of hydrogen-bond donors (Lipinski definition) is 1. The molecule has 0 bridgehead atoms. The van der Waals surface area contributed by atoms with E-state index in [-0.39, 0.29) is 5.91 Å². The molecule has 4 rings (SSSR count). The van der Waals surface area contributed by atoms with Crippen LogP contribution in [0.3, 0.4) is 0 Å². The molecule has 1 aromatic heterocycles. The van der Waals surface area contributed by atoms with Crippen molar-refractivity contribution >= 4 is 5.91 Å². The maximum atomic E-state index is 13.5. The zero-order chi connectivity index (χ0) is 23.1. The summed E-state index contributed by atoms with van der Waals surface area (Å²) in [7, 11) is 3.24. The number of hydrogen-bond acceptors (Lipinski definition) is 5. The molecule has 2 aromatic carbocycles. The molecular weight excluding hydrogens is 416 g/mol. The standard InChI is InChI=1S/C27H30N2O4/c1-31-24-15-21(16-25(17-24)32-2)19-29-26(30)27(8-12-33-13-9-27)18-20-4-3-5-23(14-20)22-6-10-28-11-7-22/h3-7,10-11,14-17H,8-9,12-13,18-19H2,1-2H3,(H,29,30). The van der Waals surface area contributed by atoms with E-state index in [4.69, 9.17) is 14.2 Å². The molecule has 1 fully saturated rings. The summed E-state index contributed by atoms with van der Waals surface area (Å²) in [5, 5.41) is 3.16. The number of pyridine rings is 1. The summed E-state index contributed by atoms with van der Waals surface area (Å²) in [6.45, 7) is 1.58. The van der Waals surface area contributed by atoms with Gasteiger partial charge in [0.05, 0.1) is 19.6 Å². The van der Waals surface area contributed by atoms with Gasteiger partial charge in [0.15, 0.2) is 0 Å². The first-order valence-corrected chi connectivity index (χ1v) is 11.2. The van der Waals surface area contributed by atoms with Gasteiger partial charge in [-0.2, -0.15) is 0 Å². The zero-order valence-electron chi connectivity index (χ0n) is 19.2. The maximum Gasteiger partial charge on any atom is 0.226 e. The molecule has 2 heterocycles. The third kappa shape index (κ3) is 5.52. The Hall–Kier alpha value is -3.38. The van der Waals surface area contributed by atoms with Crippen molar-refractivity contribution in [2.24, 2.45) is 5.41 Å². The summed E-state index contributed by atoms with van der Waals surface area (Å²) in [4.78, 5) is 17.6. The average molecular weight is 447 g/mol. The summed E-state index contributed by atoms with van der Waals surface area (Å²) in [5.74, 6) is 1.46. The molecule has 1 N–H and O–H groups in total. The van der Waals surface area contributed by atoms with Gasteiger partial charge in [0.25, 0.3) is 0 Å². The molecule has 1 aliphatic rings. The van der Waals surface area contributed by atoms with Crippen molar-refractivity contribution < 1.29 is 19.0 Å². The topological polar surface area (TPSA) is 69.7 Å². The van der Waals surface area contributed by atoms with E-state index in [1.54, 1.807) is 26.6 Å². The Kier molecular flexibility index (Phi) is 7.25. The van der Waals surface area contributed by atoms with E-state index in [0.29, 0.717) is 50.5 Å². The highest BCUT2D eigenvalue weighted by Gasteiger charge is 2.40. The van der Waals surface area contributed by atoms with Crippen LogP contribution in [0.2, 0.25) is 0 Å². The second kappa shape index (κ2) is 10.5. The molecule has 6 heteroatoms. The Bertz CT molecular complexity index is 1060. The zero-order valence-corrected chi connectivity index (χ0v) is 19.2. The predicted octanol–water partition coefficient (Wildman–Crippen LogP) is 4.42. The van der Waals surface area contributed by atoms with E-state index in [9.17, 15) is 4.79 Å². The number of nitrogens with zero attached hydrogens (tertiary/aromatic N) is 1. The smallest absolute Gasteiger partial charge is 0.226 e. The van der Waals surface area contributed by atoms with Crippen molar-refractivity contribution in [3.8, 4) is 22.6 Å². The summed E-state index contributed by atoms with van der Waals surface area (Å²) in [5.41, 5.74) is 3.81. The van der Waals surface area contributed by atoms with Crippen LogP contribution in [-0.4, -0.2) is 38.3 Å². The van der Waals surface area contributed by atoms with Crippen molar-refractivity contribution in [1.29, 1.82) is 0 Å². The highest BCUT2D eigenvalue weighted by molar-refractivity contribution is 5.83. The molecule has 0 aliphatic carbocycles. The first-order chi connectivity index (χ1) is 16.1. The lowest BCUT2D eigenvalue weighted by Gasteiger charge is -2.36. The maximum absolute atomic E-state index is 13.5. The number of nitrogens with one attached hydrogen (secondary N) is 1. The molecule has 0 unspecified atom stereocenters. The fraction of sp³-hybridized carbons (Fsp3) is 0.333. The molecule has 1 amide bonds. The molecular formula is C27H30N2O4. The average Bonchev–Trinajstić information content (AvgIpc) is 2.88. The van der Waals surface area contributed by atoms with Gasteiger partial charge in [-0.25, -0.2) is 0 Å². The van der Waals surface area contributed by atoms with Crippen LogP contribution in [0.25, 0.3) is 11.1 Å². The number of methoxy groups -OCH3 is 2. The van der Waals surface area contributed by atoms with Crippen molar-refractivity contribution in [3.63, 3.8) is 0 Å². The fourth-order valence-corrected chi connectivity index (χ4v) is 4.38. The van der Waals surface area contributed by atoms with Crippen LogP contribution in [0, 0.1) is 5.41 Å². The minimum Gasteiger partial charge on any atom is -0.497 e. The molecule has 6 nitrogen and oxygen atoms in total. The number of rotatable bonds is 8. The number of carbonyl (C=O) groups is 1. The van der Waals surface area contributed by atoms with Crippen LogP contribution in [0.4, 0.5) is 0 Å². The van der Waals surface area contributed by atoms with Gasteiger partial charge in [-0.05, 0) is 65.8 Å². The van der Waals surface area contributed by atoms with E-state index < -0.39 is 5.41 Å². The van der Waals surface area contributed by atoms with Gasteiger partial charge in [0.1, 0.15) is 11.5 Å². The van der Waals surface area contributed by atoms with E-state index in [1.807, 2.05) is 30.3 Å². The van der Waals surface area contributed by atoms with Crippen molar-refractivity contribution in [2.45, 2.75) is 25.8 Å². The largest absolute Gasteiger partial charge is 0.497 e. The monoisotopic (exact) mass is 446 g/mol. The normalized spacial score (nSPS) is 15.0. The summed E-state index contributed by atoms with van der Waals surface area (Å²) in [6.07, 6.45) is 5.65. The van der Waals surface area contributed by atoms with Crippen LogP contribution in [-0.2, 0) is 22.5 Å². The van der Waals surface area contributed by atoms with Gasteiger partial charge in [-0.3, -0.25) is 9.78 Å². The van der Waals surface area contributed by atoms with E-state index in [1.165, 1.54) is 0 Å². The van der Waals surface area contributed by atoms with Gasteiger partial charge in [-0.1, -0.05) is 24.3 Å². The van der Waals surface area contributed by atoms with Crippen molar-refractivity contribution in [2.75, 3.05) is 27.4 Å². The first-order valence-electron chi connectivity index (χ1n) is 11.2. The molecule has 0 spiro atoms. The van der Waals surface area contributed by atoms with E-state index in [2.05, 4.69) is 34.6 Å². The van der Waals surface area contributed by atoms with Crippen LogP contribution >= 0.6 is 0 Å². The highest BCUT2D eigenvalue weighted by atomic mass is 16.5. The van der Waals surface area contributed by atoms with Gasteiger partial charge < -0.3 is 19.5 Å². The van der Waals surface area contributed by atoms with E-state index >= 15 is 0 Å².